The molecule has 2 aromatic rings. The van der Waals surface area contributed by atoms with Crippen LogP contribution in [0.2, 0.25) is 0 Å². The fraction of sp³-hybridized carbons (Fsp3) is 0.450. The van der Waals surface area contributed by atoms with Crippen molar-refractivity contribution in [3.8, 4) is 6.07 Å². The second-order valence-corrected chi connectivity index (χ2v) is 6.74. The van der Waals surface area contributed by atoms with Gasteiger partial charge in [-0.2, -0.15) is 5.26 Å². The summed E-state index contributed by atoms with van der Waals surface area (Å²) >= 11 is 0. The van der Waals surface area contributed by atoms with Gasteiger partial charge in [-0.3, -0.25) is 9.69 Å². The van der Waals surface area contributed by atoms with Crippen LogP contribution in [0, 0.1) is 18.3 Å². The Morgan fingerprint density at radius 3 is 2.69 bits per heavy atom. The maximum atomic E-state index is 11.0. The number of carboxylic acids is 1. The number of aromatic nitrogens is 1. The van der Waals surface area contributed by atoms with E-state index in [2.05, 4.69) is 11.0 Å². The zero-order valence-electron chi connectivity index (χ0n) is 15.3. The van der Waals surface area contributed by atoms with Gasteiger partial charge in [-0.1, -0.05) is 25.1 Å². The maximum Gasteiger partial charge on any atom is 0.317 e. The average Bonchev–Trinajstić information content (AvgIpc) is 2.66. The number of nitriles is 1. The van der Waals surface area contributed by atoms with Crippen molar-refractivity contribution in [2.24, 2.45) is 0 Å². The summed E-state index contributed by atoms with van der Waals surface area (Å²) < 4.78 is 0. The van der Waals surface area contributed by atoms with E-state index in [1.54, 1.807) is 0 Å². The Hall–Kier alpha value is -2.65. The molecular weight excluding hydrogens is 328 g/mol. The molecule has 0 aliphatic carbocycles. The molecule has 0 saturated carbocycles. The third-order valence-corrected chi connectivity index (χ3v) is 5.27. The summed E-state index contributed by atoms with van der Waals surface area (Å²) in [7, 11) is 0. The van der Waals surface area contributed by atoms with Crippen LogP contribution in [0.1, 0.15) is 30.9 Å². The number of nitrogens with zero attached hydrogens (tertiary/aromatic N) is 4. The minimum absolute atomic E-state index is 0.0813. The molecule has 6 heteroatoms. The first-order chi connectivity index (χ1) is 12.5. The standard InChI is InChI=1S/C20H24N4O2/c1-3-23(13-19(25)26)15-8-10-24(11-9-15)20-17(12-21)14(2)16-6-4-5-7-18(16)22-20/h4-7,15H,3,8-11,13H2,1-2H3,(H,25,26). The third-order valence-electron chi connectivity index (χ3n) is 5.27. The van der Waals surface area contributed by atoms with Crippen LogP contribution in [-0.2, 0) is 4.79 Å². The first kappa shape index (κ1) is 18.2. The van der Waals surface area contributed by atoms with Crippen molar-refractivity contribution in [2.75, 3.05) is 31.1 Å². The van der Waals surface area contributed by atoms with Crippen LogP contribution >= 0.6 is 0 Å². The van der Waals surface area contributed by atoms with Crippen molar-refractivity contribution in [1.29, 1.82) is 5.26 Å². The summed E-state index contributed by atoms with van der Waals surface area (Å²) in [5, 5.41) is 19.8. The molecule has 0 radical (unpaired) electrons. The number of aliphatic carboxylic acids is 1. The number of likely N-dealkylation sites (N-methyl/N-ethyl adjacent to an activating group) is 1. The largest absolute Gasteiger partial charge is 0.480 e. The van der Waals surface area contributed by atoms with Gasteiger partial charge in [0, 0.05) is 24.5 Å². The Kier molecular flexibility index (Phi) is 5.38. The number of hydrogen-bond donors (Lipinski definition) is 1. The van der Waals surface area contributed by atoms with E-state index in [0.29, 0.717) is 5.56 Å². The molecule has 0 unspecified atom stereocenters. The molecule has 1 aromatic heterocycles. The van der Waals surface area contributed by atoms with E-state index >= 15 is 0 Å². The molecule has 2 heterocycles. The highest BCUT2D eigenvalue weighted by molar-refractivity contribution is 5.87. The van der Waals surface area contributed by atoms with Crippen LogP contribution in [0.3, 0.4) is 0 Å². The molecule has 0 amide bonds. The summed E-state index contributed by atoms with van der Waals surface area (Å²) in [6.07, 6.45) is 1.75. The molecule has 1 aromatic carbocycles. The Morgan fingerprint density at radius 2 is 2.08 bits per heavy atom. The number of rotatable bonds is 5. The quantitative estimate of drug-likeness (QED) is 0.891. The van der Waals surface area contributed by atoms with Gasteiger partial charge in [-0.15, -0.1) is 0 Å². The number of carboxylic acid groups (broad SMARTS) is 1. The number of piperidine rings is 1. The first-order valence-electron chi connectivity index (χ1n) is 9.05. The van der Waals surface area contributed by atoms with Crippen molar-refractivity contribution in [3.63, 3.8) is 0 Å². The number of carbonyl (C=O) groups is 1. The Balaban J connectivity index is 1.83. The molecule has 1 aliphatic rings. The van der Waals surface area contributed by atoms with Gasteiger partial charge in [0.1, 0.15) is 11.9 Å². The lowest BCUT2D eigenvalue weighted by molar-refractivity contribution is -0.139. The molecular formula is C20H24N4O2. The predicted octanol–water partition coefficient (Wildman–Crippen LogP) is 2.79. The van der Waals surface area contributed by atoms with Crippen LogP contribution in [0.15, 0.2) is 24.3 Å². The highest BCUT2D eigenvalue weighted by Gasteiger charge is 2.27. The van der Waals surface area contributed by atoms with Gasteiger partial charge >= 0.3 is 5.97 Å². The number of fused-ring (bicyclic) bond motifs is 1. The van der Waals surface area contributed by atoms with Crippen LogP contribution in [0.25, 0.3) is 10.9 Å². The minimum atomic E-state index is -0.784. The van der Waals surface area contributed by atoms with E-state index in [-0.39, 0.29) is 12.6 Å². The summed E-state index contributed by atoms with van der Waals surface area (Å²) in [6, 6.07) is 10.5. The molecule has 6 nitrogen and oxygen atoms in total. The number of benzene rings is 1. The topological polar surface area (TPSA) is 80.5 Å². The molecule has 0 bridgehead atoms. The zero-order chi connectivity index (χ0) is 18.7. The number of aryl methyl sites for hydroxylation is 1. The fourth-order valence-corrected chi connectivity index (χ4v) is 3.84. The molecule has 1 aliphatic heterocycles. The van der Waals surface area contributed by atoms with Gasteiger partial charge in [0.05, 0.1) is 17.6 Å². The maximum absolute atomic E-state index is 11.0. The van der Waals surface area contributed by atoms with Crippen molar-refractivity contribution < 1.29 is 9.90 Å². The highest BCUT2D eigenvalue weighted by Crippen LogP contribution is 2.30. The first-order valence-corrected chi connectivity index (χ1v) is 9.05. The van der Waals surface area contributed by atoms with Gasteiger partial charge in [-0.05, 0) is 37.9 Å². The average molecular weight is 352 g/mol. The number of anilines is 1. The van der Waals surface area contributed by atoms with Crippen LogP contribution in [0.4, 0.5) is 5.82 Å². The second-order valence-electron chi connectivity index (χ2n) is 6.74. The van der Waals surface area contributed by atoms with E-state index in [1.807, 2.05) is 43.0 Å². The van der Waals surface area contributed by atoms with Gasteiger partial charge < -0.3 is 10.0 Å². The fourth-order valence-electron chi connectivity index (χ4n) is 3.84. The predicted molar refractivity (Wildman–Crippen MR) is 101 cm³/mol. The molecule has 0 atom stereocenters. The van der Waals surface area contributed by atoms with Gasteiger partial charge in [-0.25, -0.2) is 4.98 Å². The van der Waals surface area contributed by atoms with Gasteiger partial charge in [0.15, 0.2) is 0 Å². The van der Waals surface area contributed by atoms with Crippen LogP contribution < -0.4 is 4.90 Å². The molecule has 0 spiro atoms. The Bertz CT molecular complexity index is 851. The Morgan fingerprint density at radius 1 is 1.38 bits per heavy atom. The lowest BCUT2D eigenvalue weighted by atomic mass is 10.0. The Labute approximate surface area is 153 Å². The summed E-state index contributed by atoms with van der Waals surface area (Å²) in [6.45, 7) is 6.34. The lowest BCUT2D eigenvalue weighted by Crippen LogP contribution is -2.47. The molecule has 1 N–H and O–H groups in total. The number of hydrogen-bond acceptors (Lipinski definition) is 5. The molecule has 1 fully saturated rings. The van der Waals surface area contributed by atoms with Crippen LogP contribution in [0.5, 0.6) is 0 Å². The van der Waals surface area contributed by atoms with Gasteiger partial charge in [0.2, 0.25) is 0 Å². The lowest BCUT2D eigenvalue weighted by Gasteiger charge is -2.38. The van der Waals surface area contributed by atoms with Crippen molar-refractivity contribution >= 4 is 22.7 Å². The molecule has 26 heavy (non-hydrogen) atoms. The zero-order valence-corrected chi connectivity index (χ0v) is 15.3. The minimum Gasteiger partial charge on any atom is -0.480 e. The van der Waals surface area contributed by atoms with E-state index in [1.165, 1.54) is 0 Å². The number of para-hydroxylation sites is 1. The highest BCUT2D eigenvalue weighted by atomic mass is 16.4. The van der Waals surface area contributed by atoms with Gasteiger partial charge in [0.25, 0.3) is 0 Å². The second kappa shape index (κ2) is 7.71. The monoisotopic (exact) mass is 352 g/mol. The molecule has 1 saturated heterocycles. The van der Waals surface area contributed by atoms with E-state index < -0.39 is 5.97 Å². The summed E-state index contributed by atoms with van der Waals surface area (Å²) in [5.41, 5.74) is 2.51. The van der Waals surface area contributed by atoms with Crippen molar-refractivity contribution in [1.82, 2.24) is 9.88 Å². The number of pyridine rings is 1. The van der Waals surface area contributed by atoms with E-state index in [9.17, 15) is 10.1 Å². The summed E-state index contributed by atoms with van der Waals surface area (Å²) in [5.74, 6) is -0.0312. The van der Waals surface area contributed by atoms with Crippen molar-refractivity contribution in [2.45, 2.75) is 32.7 Å². The molecule has 136 valence electrons. The normalized spacial score (nSPS) is 15.4. The third kappa shape index (κ3) is 3.49. The van der Waals surface area contributed by atoms with E-state index in [4.69, 9.17) is 10.1 Å². The SMILES string of the molecule is CCN(CC(=O)O)C1CCN(c2nc3ccccc3c(C)c2C#N)CC1. The molecule has 3 rings (SSSR count). The van der Waals surface area contributed by atoms with E-state index in [0.717, 1.165) is 54.8 Å². The summed E-state index contributed by atoms with van der Waals surface area (Å²) in [4.78, 5) is 20.0. The van der Waals surface area contributed by atoms with Crippen LogP contribution in [-0.4, -0.2) is 53.2 Å². The van der Waals surface area contributed by atoms with Crippen molar-refractivity contribution in [3.05, 3.63) is 35.4 Å². The smallest absolute Gasteiger partial charge is 0.317 e.